The summed E-state index contributed by atoms with van der Waals surface area (Å²) >= 11 is 1.86. The highest BCUT2D eigenvalue weighted by Crippen LogP contribution is 2.47. The van der Waals surface area contributed by atoms with Gasteiger partial charge in [0.25, 0.3) is 0 Å². The van der Waals surface area contributed by atoms with Crippen LogP contribution in [0.5, 0.6) is 5.75 Å². The van der Waals surface area contributed by atoms with Gasteiger partial charge in [0.05, 0.1) is 17.8 Å². The van der Waals surface area contributed by atoms with E-state index in [0.717, 1.165) is 23.2 Å². The second kappa shape index (κ2) is 6.71. The molecule has 4 rings (SSSR count). The third-order valence-electron chi connectivity index (χ3n) is 4.45. The fourth-order valence-electron chi connectivity index (χ4n) is 3.52. The maximum atomic E-state index is 5.91. The maximum absolute atomic E-state index is 5.91. The minimum atomic E-state index is 0.0329. The predicted molar refractivity (Wildman–Crippen MR) is 103 cm³/mol. The van der Waals surface area contributed by atoms with Crippen LogP contribution in [0.1, 0.15) is 44.1 Å². The first-order valence-electron chi connectivity index (χ1n) is 8.80. The molecular weight excluding hydrogens is 330 g/mol. The molecule has 3 heterocycles. The SMILES string of the molecule is CC(C)Oc1cccc([C@@H]2[C@H](c3ccccn3)N=C3S[C@H](C)CN32)c1. The lowest BCUT2D eigenvalue weighted by atomic mass is 9.96. The highest BCUT2D eigenvalue weighted by atomic mass is 32.2. The summed E-state index contributed by atoms with van der Waals surface area (Å²) in [6, 6.07) is 14.7. The van der Waals surface area contributed by atoms with Crippen molar-refractivity contribution in [3.63, 3.8) is 0 Å². The van der Waals surface area contributed by atoms with Crippen molar-refractivity contribution in [3.8, 4) is 5.75 Å². The summed E-state index contributed by atoms with van der Waals surface area (Å²) in [5.74, 6) is 0.917. The van der Waals surface area contributed by atoms with Gasteiger partial charge in [-0.05, 0) is 43.7 Å². The monoisotopic (exact) mass is 353 g/mol. The molecule has 0 saturated carbocycles. The van der Waals surface area contributed by atoms with Gasteiger partial charge < -0.3 is 9.64 Å². The average molecular weight is 353 g/mol. The number of hydrogen-bond acceptors (Lipinski definition) is 5. The van der Waals surface area contributed by atoms with Crippen LogP contribution in [-0.4, -0.2) is 33.0 Å². The van der Waals surface area contributed by atoms with E-state index in [1.165, 1.54) is 5.56 Å². The standard InChI is InChI=1S/C20H23N3OS/c1-13(2)24-16-8-6-7-15(11-16)19-18(17-9-4-5-10-21-17)22-20-23(19)12-14(3)25-20/h4-11,13-14,18-19H,12H2,1-3H3/t14-,18+,19-/m1/s1. The smallest absolute Gasteiger partial charge is 0.160 e. The molecule has 1 aromatic heterocycles. The molecule has 0 amide bonds. The summed E-state index contributed by atoms with van der Waals surface area (Å²) in [4.78, 5) is 12.0. The number of rotatable bonds is 4. The summed E-state index contributed by atoms with van der Waals surface area (Å²) in [6.45, 7) is 7.39. The summed E-state index contributed by atoms with van der Waals surface area (Å²) < 4.78 is 5.91. The van der Waals surface area contributed by atoms with Gasteiger partial charge in [0.2, 0.25) is 0 Å². The van der Waals surface area contributed by atoms with Gasteiger partial charge in [-0.1, -0.05) is 36.9 Å². The fraction of sp³-hybridized carbons (Fsp3) is 0.400. The number of pyridine rings is 1. The number of ether oxygens (including phenoxy) is 1. The van der Waals surface area contributed by atoms with Gasteiger partial charge in [-0.2, -0.15) is 0 Å². The minimum Gasteiger partial charge on any atom is -0.491 e. The summed E-state index contributed by atoms with van der Waals surface area (Å²) in [7, 11) is 0. The highest BCUT2D eigenvalue weighted by Gasteiger charge is 2.43. The highest BCUT2D eigenvalue weighted by molar-refractivity contribution is 8.14. The summed E-state index contributed by atoms with van der Waals surface area (Å²) in [6.07, 6.45) is 2.02. The fourth-order valence-corrected chi connectivity index (χ4v) is 4.62. The molecule has 25 heavy (non-hydrogen) atoms. The van der Waals surface area contributed by atoms with Crippen molar-refractivity contribution in [2.24, 2.45) is 4.99 Å². The van der Waals surface area contributed by atoms with Gasteiger partial charge in [0.1, 0.15) is 11.8 Å². The zero-order valence-electron chi connectivity index (χ0n) is 14.8. The van der Waals surface area contributed by atoms with E-state index in [2.05, 4.69) is 54.9 Å². The second-order valence-corrected chi connectivity index (χ2v) is 8.28. The Hall–Kier alpha value is -2.01. The number of amidine groups is 1. The Morgan fingerprint density at radius 2 is 2.08 bits per heavy atom. The first kappa shape index (κ1) is 16.5. The van der Waals surface area contributed by atoms with Crippen molar-refractivity contribution in [2.45, 2.75) is 44.2 Å². The predicted octanol–water partition coefficient (Wildman–Crippen LogP) is 4.46. The molecule has 0 unspecified atom stereocenters. The van der Waals surface area contributed by atoms with E-state index in [1.807, 2.05) is 36.2 Å². The number of aromatic nitrogens is 1. The number of hydrogen-bond donors (Lipinski definition) is 0. The molecule has 3 atom stereocenters. The van der Waals surface area contributed by atoms with E-state index in [0.29, 0.717) is 5.25 Å². The van der Waals surface area contributed by atoms with Crippen molar-refractivity contribution in [2.75, 3.05) is 6.54 Å². The largest absolute Gasteiger partial charge is 0.491 e. The third kappa shape index (κ3) is 3.25. The van der Waals surface area contributed by atoms with Gasteiger partial charge in [-0.15, -0.1) is 0 Å². The van der Waals surface area contributed by atoms with E-state index in [-0.39, 0.29) is 18.2 Å². The van der Waals surface area contributed by atoms with Crippen molar-refractivity contribution >= 4 is 16.9 Å². The molecule has 5 heteroatoms. The Morgan fingerprint density at radius 3 is 2.84 bits per heavy atom. The van der Waals surface area contributed by atoms with Crippen molar-refractivity contribution < 1.29 is 4.74 Å². The Kier molecular flexibility index (Phi) is 4.42. The lowest BCUT2D eigenvalue weighted by Crippen LogP contribution is -2.28. The Balaban J connectivity index is 1.72. The van der Waals surface area contributed by atoms with Crippen LogP contribution >= 0.6 is 11.8 Å². The first-order valence-corrected chi connectivity index (χ1v) is 9.68. The maximum Gasteiger partial charge on any atom is 0.160 e. The van der Waals surface area contributed by atoms with Crippen molar-refractivity contribution in [1.82, 2.24) is 9.88 Å². The molecule has 130 valence electrons. The molecule has 0 aliphatic carbocycles. The van der Waals surface area contributed by atoms with Gasteiger partial charge in [-0.25, -0.2) is 0 Å². The molecular formula is C20H23N3OS. The molecule has 0 bridgehead atoms. The van der Waals surface area contributed by atoms with Crippen LogP contribution in [0.3, 0.4) is 0 Å². The summed E-state index contributed by atoms with van der Waals surface area (Å²) in [5.41, 5.74) is 2.26. The topological polar surface area (TPSA) is 37.7 Å². The molecule has 1 fully saturated rings. The van der Waals surface area contributed by atoms with Crippen molar-refractivity contribution in [1.29, 1.82) is 0 Å². The average Bonchev–Trinajstić information content (AvgIpc) is 3.11. The van der Waals surface area contributed by atoms with Crippen molar-refractivity contribution in [3.05, 3.63) is 59.9 Å². The molecule has 0 spiro atoms. The number of fused-ring (bicyclic) bond motifs is 1. The molecule has 2 aliphatic heterocycles. The van der Waals surface area contributed by atoms with E-state index >= 15 is 0 Å². The Labute approximate surface area is 153 Å². The van der Waals surface area contributed by atoms with Crippen LogP contribution in [0.15, 0.2) is 53.7 Å². The van der Waals surface area contributed by atoms with E-state index in [1.54, 1.807) is 0 Å². The van der Waals surface area contributed by atoms with Gasteiger partial charge >= 0.3 is 0 Å². The lowest BCUT2D eigenvalue weighted by molar-refractivity contribution is 0.241. The van der Waals surface area contributed by atoms with E-state index < -0.39 is 0 Å². The van der Waals surface area contributed by atoms with E-state index in [4.69, 9.17) is 9.73 Å². The quantitative estimate of drug-likeness (QED) is 0.813. The van der Waals surface area contributed by atoms with Crippen LogP contribution < -0.4 is 4.74 Å². The van der Waals surface area contributed by atoms with Crippen LogP contribution in [0.25, 0.3) is 0 Å². The molecule has 2 aromatic rings. The molecule has 0 radical (unpaired) electrons. The minimum absolute atomic E-state index is 0.0329. The Bertz CT molecular complexity index is 778. The van der Waals surface area contributed by atoms with Crippen LogP contribution in [-0.2, 0) is 0 Å². The molecule has 2 aliphatic rings. The van der Waals surface area contributed by atoms with Crippen LogP contribution in [0.2, 0.25) is 0 Å². The number of thioether (sulfide) groups is 1. The number of aliphatic imine (C=N–C) groups is 1. The third-order valence-corrected chi connectivity index (χ3v) is 5.55. The van der Waals surface area contributed by atoms with Crippen LogP contribution in [0, 0.1) is 0 Å². The molecule has 0 N–H and O–H groups in total. The normalized spacial score (nSPS) is 25.2. The number of benzene rings is 1. The second-order valence-electron chi connectivity index (χ2n) is 6.88. The summed E-state index contributed by atoms with van der Waals surface area (Å²) in [5, 5.41) is 1.71. The van der Waals surface area contributed by atoms with Crippen LogP contribution in [0.4, 0.5) is 0 Å². The number of nitrogens with zero attached hydrogens (tertiary/aromatic N) is 3. The zero-order valence-corrected chi connectivity index (χ0v) is 15.6. The van der Waals surface area contributed by atoms with Gasteiger partial charge in [-0.3, -0.25) is 9.98 Å². The lowest BCUT2D eigenvalue weighted by Gasteiger charge is -2.27. The molecule has 1 saturated heterocycles. The van der Waals surface area contributed by atoms with E-state index in [9.17, 15) is 0 Å². The Morgan fingerprint density at radius 1 is 1.20 bits per heavy atom. The zero-order chi connectivity index (χ0) is 17.4. The van der Waals surface area contributed by atoms with Gasteiger partial charge in [0, 0.05) is 18.0 Å². The van der Waals surface area contributed by atoms with Gasteiger partial charge in [0.15, 0.2) is 5.17 Å². The first-order chi connectivity index (χ1) is 12.1. The molecule has 1 aromatic carbocycles. The molecule has 4 nitrogen and oxygen atoms in total.